The van der Waals surface area contributed by atoms with E-state index in [9.17, 15) is 4.39 Å². The van der Waals surface area contributed by atoms with Gasteiger partial charge in [0.05, 0.1) is 16.7 Å². The Bertz CT molecular complexity index is 891. The molecule has 0 amide bonds. The zero-order valence-corrected chi connectivity index (χ0v) is 12.3. The minimum Gasteiger partial charge on any atom is -0.330 e. The van der Waals surface area contributed by atoms with Gasteiger partial charge in [-0.25, -0.2) is 4.39 Å². The third-order valence-electron chi connectivity index (χ3n) is 4.26. The Morgan fingerprint density at radius 1 is 1.10 bits per heavy atom. The highest BCUT2D eigenvalue weighted by molar-refractivity contribution is 7.71. The molecule has 1 aliphatic rings. The fraction of sp³-hybridized carbons (Fsp3) is 0.235. The lowest BCUT2D eigenvalue weighted by Gasteiger charge is -2.20. The van der Waals surface area contributed by atoms with Crippen LogP contribution in [0, 0.1) is 10.6 Å². The maximum absolute atomic E-state index is 13.4. The summed E-state index contributed by atoms with van der Waals surface area (Å²) in [6, 6.07) is 11.2. The molecule has 2 aromatic carbocycles. The van der Waals surface area contributed by atoms with Crippen LogP contribution in [0.25, 0.3) is 16.7 Å². The number of aryl methyl sites for hydroxylation is 1. The summed E-state index contributed by atoms with van der Waals surface area (Å²) < 4.78 is 16.0. The molecule has 0 fully saturated rings. The summed E-state index contributed by atoms with van der Waals surface area (Å²) in [4.78, 5) is 3.11. The first-order valence-electron chi connectivity index (χ1n) is 7.25. The van der Waals surface area contributed by atoms with Crippen molar-refractivity contribution in [2.45, 2.75) is 25.7 Å². The molecular weight excluding hydrogens is 283 g/mol. The number of hydrogen-bond acceptors (Lipinski definition) is 1. The van der Waals surface area contributed by atoms with Gasteiger partial charge >= 0.3 is 0 Å². The molecule has 1 aromatic heterocycles. The second-order valence-electron chi connectivity index (χ2n) is 5.55. The van der Waals surface area contributed by atoms with E-state index < -0.39 is 0 Å². The van der Waals surface area contributed by atoms with E-state index in [0.29, 0.717) is 4.77 Å². The van der Waals surface area contributed by atoms with Crippen LogP contribution in [0.2, 0.25) is 0 Å². The van der Waals surface area contributed by atoms with Gasteiger partial charge in [0.2, 0.25) is 0 Å². The first-order valence-corrected chi connectivity index (χ1v) is 7.66. The van der Waals surface area contributed by atoms with Crippen molar-refractivity contribution >= 4 is 23.3 Å². The number of aromatic amines is 1. The molecule has 21 heavy (non-hydrogen) atoms. The third-order valence-corrected chi connectivity index (χ3v) is 4.54. The molecule has 0 bridgehead atoms. The summed E-state index contributed by atoms with van der Waals surface area (Å²) >= 11 is 5.47. The average molecular weight is 298 g/mol. The zero-order chi connectivity index (χ0) is 14.4. The number of benzene rings is 2. The van der Waals surface area contributed by atoms with E-state index in [1.807, 2.05) is 4.57 Å². The topological polar surface area (TPSA) is 20.7 Å². The summed E-state index contributed by atoms with van der Waals surface area (Å²) in [7, 11) is 0. The maximum Gasteiger partial charge on any atom is 0.182 e. The molecule has 0 radical (unpaired) electrons. The van der Waals surface area contributed by atoms with Gasteiger partial charge in [0, 0.05) is 0 Å². The minimum absolute atomic E-state index is 0.249. The standard InChI is InChI=1S/C17H15FN2S/c18-12-8-9-16-14(10-12)19-17(21)20(16)15-7-3-5-11-4-1-2-6-13(11)15/h3,5,7-10H,1-2,4,6H2,(H,19,21). The van der Waals surface area contributed by atoms with Crippen LogP contribution in [0.1, 0.15) is 24.0 Å². The molecule has 0 atom stereocenters. The zero-order valence-electron chi connectivity index (χ0n) is 11.5. The summed E-state index contributed by atoms with van der Waals surface area (Å²) in [5, 5.41) is 0. The Morgan fingerprint density at radius 3 is 2.86 bits per heavy atom. The normalized spacial score (nSPS) is 14.3. The molecule has 4 rings (SSSR count). The number of nitrogens with zero attached hydrogens (tertiary/aromatic N) is 1. The molecule has 0 saturated heterocycles. The monoisotopic (exact) mass is 298 g/mol. The largest absolute Gasteiger partial charge is 0.330 e. The van der Waals surface area contributed by atoms with Crippen molar-refractivity contribution in [3.63, 3.8) is 0 Å². The maximum atomic E-state index is 13.4. The first kappa shape index (κ1) is 12.8. The van der Waals surface area contributed by atoms with Gasteiger partial charge in [-0.3, -0.25) is 4.57 Å². The second-order valence-corrected chi connectivity index (χ2v) is 5.94. The number of hydrogen-bond donors (Lipinski definition) is 1. The molecule has 3 aromatic rings. The van der Waals surface area contributed by atoms with Crippen molar-refractivity contribution < 1.29 is 4.39 Å². The lowest BCUT2D eigenvalue weighted by Crippen LogP contribution is -2.08. The van der Waals surface area contributed by atoms with E-state index >= 15 is 0 Å². The summed E-state index contributed by atoms with van der Waals surface area (Å²) in [5.41, 5.74) is 5.60. The van der Waals surface area contributed by atoms with Crippen molar-refractivity contribution in [3.05, 3.63) is 58.1 Å². The van der Waals surface area contributed by atoms with Crippen LogP contribution in [0.4, 0.5) is 4.39 Å². The molecule has 2 nitrogen and oxygen atoms in total. The van der Waals surface area contributed by atoms with Gasteiger partial charge in [-0.05, 0) is 73.3 Å². The molecule has 1 N–H and O–H groups in total. The smallest absolute Gasteiger partial charge is 0.182 e. The van der Waals surface area contributed by atoms with Crippen LogP contribution in [0.15, 0.2) is 36.4 Å². The summed E-state index contributed by atoms with van der Waals surface area (Å²) in [6.07, 6.45) is 4.68. The summed E-state index contributed by atoms with van der Waals surface area (Å²) in [6.45, 7) is 0. The quantitative estimate of drug-likeness (QED) is 0.645. The Balaban J connectivity index is 2.03. The molecule has 0 unspecified atom stereocenters. The molecule has 1 heterocycles. The van der Waals surface area contributed by atoms with Gasteiger partial charge in [0.25, 0.3) is 0 Å². The van der Waals surface area contributed by atoms with E-state index in [1.165, 1.54) is 36.1 Å². The number of imidazole rings is 1. The molecule has 0 spiro atoms. The van der Waals surface area contributed by atoms with Crippen LogP contribution in [0.3, 0.4) is 0 Å². The molecule has 4 heteroatoms. The lowest BCUT2D eigenvalue weighted by atomic mass is 9.90. The van der Waals surface area contributed by atoms with Gasteiger partial charge in [-0.1, -0.05) is 12.1 Å². The Hall–Kier alpha value is -1.94. The van der Waals surface area contributed by atoms with Crippen LogP contribution < -0.4 is 0 Å². The number of H-pyrrole nitrogens is 1. The van der Waals surface area contributed by atoms with Crippen LogP contribution >= 0.6 is 12.2 Å². The van der Waals surface area contributed by atoms with Crippen molar-refractivity contribution in [1.82, 2.24) is 9.55 Å². The molecule has 0 saturated carbocycles. The van der Waals surface area contributed by atoms with Gasteiger partial charge < -0.3 is 4.98 Å². The molecule has 1 aliphatic carbocycles. The van der Waals surface area contributed by atoms with Gasteiger partial charge in [0.1, 0.15) is 5.82 Å². The fourth-order valence-electron chi connectivity index (χ4n) is 3.29. The lowest BCUT2D eigenvalue weighted by molar-refractivity contribution is 0.629. The van der Waals surface area contributed by atoms with Crippen LogP contribution in [0.5, 0.6) is 0 Å². The number of rotatable bonds is 1. The van der Waals surface area contributed by atoms with Crippen LogP contribution in [-0.4, -0.2) is 9.55 Å². The van der Waals surface area contributed by atoms with Gasteiger partial charge in [0.15, 0.2) is 4.77 Å². The minimum atomic E-state index is -0.249. The van der Waals surface area contributed by atoms with Crippen molar-refractivity contribution in [2.75, 3.05) is 0 Å². The number of halogens is 1. The fourth-order valence-corrected chi connectivity index (χ4v) is 3.60. The Labute approximate surface area is 127 Å². The molecule has 0 aliphatic heterocycles. The second kappa shape index (κ2) is 4.81. The average Bonchev–Trinajstić information content (AvgIpc) is 2.81. The highest BCUT2D eigenvalue weighted by Gasteiger charge is 2.16. The summed E-state index contributed by atoms with van der Waals surface area (Å²) in [5.74, 6) is -0.249. The van der Waals surface area contributed by atoms with Crippen molar-refractivity contribution in [1.29, 1.82) is 0 Å². The van der Waals surface area contributed by atoms with Crippen LogP contribution in [-0.2, 0) is 12.8 Å². The first-order chi connectivity index (χ1) is 10.2. The van der Waals surface area contributed by atoms with Gasteiger partial charge in [-0.15, -0.1) is 0 Å². The predicted molar refractivity (Wildman–Crippen MR) is 85.1 cm³/mol. The molecule has 106 valence electrons. The van der Waals surface area contributed by atoms with Crippen molar-refractivity contribution in [2.24, 2.45) is 0 Å². The molecular formula is C17H15FN2S. The number of nitrogens with one attached hydrogen (secondary N) is 1. The van der Waals surface area contributed by atoms with E-state index in [2.05, 4.69) is 23.2 Å². The third kappa shape index (κ3) is 2.02. The predicted octanol–water partition coefficient (Wildman–Crippen LogP) is 4.71. The van der Waals surface area contributed by atoms with Crippen molar-refractivity contribution in [3.8, 4) is 5.69 Å². The SMILES string of the molecule is Fc1ccc2c(c1)[nH]c(=S)n2-c1cccc2c1CCCC2. The number of aromatic nitrogens is 2. The Kier molecular flexibility index (Phi) is 2.93. The number of fused-ring (bicyclic) bond motifs is 2. The van der Waals surface area contributed by atoms with Gasteiger partial charge in [-0.2, -0.15) is 0 Å². The van der Waals surface area contributed by atoms with E-state index in [0.717, 1.165) is 29.6 Å². The van der Waals surface area contributed by atoms with E-state index in [4.69, 9.17) is 12.2 Å². The Morgan fingerprint density at radius 2 is 1.95 bits per heavy atom. The highest BCUT2D eigenvalue weighted by Crippen LogP contribution is 2.29. The van der Waals surface area contributed by atoms with E-state index in [1.54, 1.807) is 6.07 Å². The van der Waals surface area contributed by atoms with E-state index in [-0.39, 0.29) is 5.82 Å². The highest BCUT2D eigenvalue weighted by atomic mass is 32.1.